The zero-order valence-electron chi connectivity index (χ0n) is 49.8. The van der Waals surface area contributed by atoms with Crippen LogP contribution in [-0.2, 0) is 9.47 Å². The fourth-order valence-electron chi connectivity index (χ4n) is 2.69. The minimum atomic E-state index is -3.99. The molecular weight excluding hydrogens is 2030 g/mol. The summed E-state index contributed by atoms with van der Waals surface area (Å²) in [6, 6.07) is 0. The van der Waals surface area contributed by atoms with Gasteiger partial charge in [-0.1, -0.05) is 95.9 Å². The van der Waals surface area contributed by atoms with E-state index in [4.69, 9.17) is 19.7 Å². The van der Waals surface area contributed by atoms with Gasteiger partial charge in [-0.05, 0) is 81.1 Å². The number of ether oxygens (including phenoxy) is 2. The van der Waals surface area contributed by atoms with E-state index < -0.39 is 93.0 Å². The third-order valence-corrected chi connectivity index (χ3v) is 9.07. The quantitative estimate of drug-likeness (QED) is 0.172. The second kappa shape index (κ2) is 56.6. The molecule has 0 spiro atoms. The normalized spacial score (nSPS) is 14.0. The fourth-order valence-corrected chi connectivity index (χ4v) is 2.69. The first kappa shape index (κ1) is 97.6. The van der Waals surface area contributed by atoms with Gasteiger partial charge in [0.05, 0.1) is 36.3 Å². The van der Waals surface area contributed by atoms with E-state index in [1.165, 1.54) is 53.4 Å². The maximum atomic E-state index is 12.7. The number of benzene rings is 2. The zero-order chi connectivity index (χ0) is 58.6. The van der Waals surface area contributed by atoms with Crippen molar-refractivity contribution in [2.45, 2.75) is 240 Å². The van der Waals surface area contributed by atoms with E-state index in [1.807, 2.05) is 27.7 Å². The molecule has 2 aromatic carbocycles. The van der Waals surface area contributed by atoms with Crippen LogP contribution in [-0.4, -0.2) is 53.8 Å². The van der Waals surface area contributed by atoms with Crippen LogP contribution in [0.4, 0.5) is 61.5 Å². The Hall–Kier alpha value is -6.70. The molecule has 22 heteroatoms. The Morgan fingerprint density at radius 3 is 0.600 bits per heavy atom. The van der Waals surface area contributed by atoms with Crippen molar-refractivity contribution < 1.29 is 81.2 Å². The molecule has 2 aromatic rings. The molecule has 0 aromatic heterocycles. The fraction of sp³-hybridized carbons (Fsp3) is 0.736. The minimum Gasteiger partial charge on any atom is -0.393 e. The van der Waals surface area contributed by atoms with Crippen LogP contribution in [0.25, 0.3) is 0 Å². The van der Waals surface area contributed by atoms with Crippen LogP contribution in [0.1, 0.15) is 198 Å². The van der Waals surface area contributed by atoms with Crippen molar-refractivity contribution in [2.75, 3.05) is 6.79 Å². The Balaban J connectivity index is -0.0000000597. The maximum Gasteiger partial charge on any atom is 0.391 e. The molecule has 6 atom stereocenters. The third-order valence-electron chi connectivity index (χ3n) is 9.07. The van der Waals surface area contributed by atoms with E-state index in [2.05, 4.69) is 68.2 Å². The minimum absolute atomic E-state index is 0. The molecule has 0 bridgehead atoms. The van der Waals surface area contributed by atoms with Gasteiger partial charge in [0.25, 0.3) is 0 Å². The molecule has 1 aliphatic rings. The molecule has 3 rings (SSSR count). The van der Waals surface area contributed by atoms with Gasteiger partial charge in [0, 0.05) is 22.3 Å². The first-order chi connectivity index (χ1) is 32.4. The predicted octanol–water partition coefficient (Wildman–Crippen LogP) is 19.3. The molecule has 0 amide bonds. The predicted molar refractivity (Wildman–Crippen MR) is 265 cm³/mol. The van der Waals surface area contributed by atoms with Crippen molar-refractivity contribution in [1.29, 1.82) is 0 Å². The summed E-state index contributed by atoms with van der Waals surface area (Å²) in [5.41, 5.74) is -2.52. The number of aliphatic hydroxyl groups is 2. The molecule has 2 N–H and O–H groups in total. The molecule has 1 aliphatic heterocycles. The third kappa shape index (κ3) is 53.4. The molecule has 4 nitrogen and oxygen atoms in total. The molecule has 0 saturated carbocycles. The number of rotatable bonds is 6. The summed E-state index contributed by atoms with van der Waals surface area (Å²) in [5.74, 6) is -12.9. The monoisotopic (exact) mass is 2130 g/mol. The maximum absolute atomic E-state index is 12.7. The largest absolute Gasteiger partial charge is 0.393 e. The van der Waals surface area contributed by atoms with Crippen molar-refractivity contribution in [1.82, 2.24) is 0 Å². The molecule has 0 aliphatic carbocycles. The smallest absolute Gasteiger partial charge is 0.391 e. The van der Waals surface area contributed by atoms with Crippen molar-refractivity contribution in [2.24, 2.45) is 11.8 Å². The molecule has 1 fully saturated rings. The van der Waals surface area contributed by atoms with E-state index in [9.17, 15) is 61.5 Å². The number of alkyl halides is 6. The van der Waals surface area contributed by atoms with Gasteiger partial charge in [-0.2, -0.15) is 53.0 Å². The van der Waals surface area contributed by atoms with Crippen LogP contribution in [0.5, 0.6) is 0 Å². The van der Waals surface area contributed by atoms with Gasteiger partial charge in [-0.25, -0.2) is 35.1 Å². The van der Waals surface area contributed by atoms with Gasteiger partial charge in [0.2, 0.25) is 0 Å². The Bertz CT molecular complexity index is 1200. The second-order valence-electron chi connectivity index (χ2n) is 16.1. The van der Waals surface area contributed by atoms with Gasteiger partial charge in [-0.3, -0.25) is 0 Å². The summed E-state index contributed by atoms with van der Waals surface area (Å²) in [5, 5.41) is 16.7. The van der Waals surface area contributed by atoms with Gasteiger partial charge >= 0.3 is 12.4 Å². The van der Waals surface area contributed by atoms with Crippen molar-refractivity contribution in [3.8, 4) is 0 Å². The SMILES string of the molecule is CC1OCOC1C.CCC.CCC.CCC(C)C(F)(F)F.CCC(C)C(F)(F)F.CCC(C)O.CCC(C)O.C[CH-]CC.C[CH-]CC.Cc1c(F)c(F)c(C)c(F)c1F.Cc1c(F)c(F)c(C)c(F)c1F.[Rf].[Rf].[Rf].[Rf]. The molecule has 0 radical (unpaired) electrons. The standard InChI is InChI=1S/2C8H6F4.2C5H9F3.C5H10O2.2C4H10O.2C4H9.2C3H8.4Rf/c2*1-3-5(9)7(11)4(2)8(12)6(3)10;2*1-3-4(2)5(6,7)8;1-4-5(2)7-3-6-4;2*1-3-4(2)5;2*1-3-4-2;2*1-3-2;;;;/h2*1-2H3;2*4H,3H2,1-2H3;4-5H,3H2,1-2H3;2*4-5H,3H2,1-2H3;2*3H,4H2,1-2H3;2*3H2,1-2H3;;;;/q;;;;;;;2*-1;;;;;;. The van der Waals surface area contributed by atoms with Crippen LogP contribution in [0, 0.1) is 98.9 Å². The number of hydrogen-bond donors (Lipinski definition) is 2. The summed E-state index contributed by atoms with van der Waals surface area (Å²) in [4.78, 5) is 0. The first-order valence-corrected chi connectivity index (χ1v) is 24.3. The van der Waals surface area contributed by atoms with Gasteiger partial charge < -0.3 is 32.5 Å². The van der Waals surface area contributed by atoms with Crippen molar-refractivity contribution in [3.05, 3.63) is 81.6 Å². The summed E-state index contributed by atoms with van der Waals surface area (Å²) >= 11 is 0. The van der Waals surface area contributed by atoms with E-state index in [0.717, 1.165) is 40.5 Å². The van der Waals surface area contributed by atoms with Gasteiger partial charge in [0.15, 0.2) is 46.5 Å². The average Bonchev–Trinajstić information content (AvgIpc) is 3.71. The summed E-state index contributed by atoms with van der Waals surface area (Å²) in [7, 11) is 0. The van der Waals surface area contributed by atoms with Crippen molar-refractivity contribution >= 4 is 0 Å². The topological polar surface area (TPSA) is 58.9 Å². The van der Waals surface area contributed by atoms with Crippen LogP contribution in [0.15, 0.2) is 0 Å². The molecule has 6 unspecified atom stereocenters. The Morgan fingerprint density at radius 2 is 0.560 bits per heavy atom. The zero-order valence-corrected chi connectivity index (χ0v) is 75.4. The number of unbranched alkanes of at least 4 members (excludes halogenated alkanes) is 2. The molecular formula is C53H94F14O4Rf4-2. The van der Waals surface area contributed by atoms with E-state index in [1.54, 1.807) is 13.8 Å². The summed E-state index contributed by atoms with van der Waals surface area (Å²) in [6.07, 6.45) is 3.57. The Labute approximate surface area is 421 Å². The number of aliphatic hydroxyl groups excluding tert-OH is 2. The average molecular weight is 2130 g/mol. The molecule has 1 saturated heterocycles. The summed E-state index contributed by atoms with van der Waals surface area (Å²) < 4.78 is 180. The Morgan fingerprint density at radius 1 is 0.427 bits per heavy atom. The van der Waals surface area contributed by atoms with E-state index in [-0.39, 0.29) is 25.0 Å². The molecule has 438 valence electrons. The van der Waals surface area contributed by atoms with Crippen LogP contribution in [0.3, 0.4) is 0 Å². The number of halogens is 14. The summed E-state index contributed by atoms with van der Waals surface area (Å²) in [6.45, 7) is 38.2. The second-order valence-corrected chi connectivity index (χ2v) is 16.1. The van der Waals surface area contributed by atoms with Crippen LogP contribution >= 0.6 is 0 Å². The van der Waals surface area contributed by atoms with E-state index >= 15 is 0 Å². The van der Waals surface area contributed by atoms with Crippen molar-refractivity contribution in [3.63, 3.8) is 0 Å². The van der Waals surface area contributed by atoms with Gasteiger partial charge in [-0.15, -0.1) is 0 Å². The number of hydrogen-bond acceptors (Lipinski definition) is 4. The molecule has 75 heavy (non-hydrogen) atoms. The first-order valence-electron chi connectivity index (χ1n) is 24.3. The van der Waals surface area contributed by atoms with Crippen LogP contribution < -0.4 is 0 Å². The van der Waals surface area contributed by atoms with Gasteiger partial charge in [0.1, 0.15) is 6.79 Å². The molecule has 1 heterocycles. The van der Waals surface area contributed by atoms with E-state index in [0.29, 0.717) is 19.0 Å². The van der Waals surface area contributed by atoms with Crippen LogP contribution in [0.2, 0.25) is 0 Å². The Kier molecular flexibility index (Phi) is 73.6.